The summed E-state index contributed by atoms with van der Waals surface area (Å²) in [6.45, 7) is 3.29. The minimum atomic E-state index is -0.149. The molecule has 3 heterocycles. The second-order valence-electron chi connectivity index (χ2n) is 7.16. The van der Waals surface area contributed by atoms with E-state index in [2.05, 4.69) is 15.3 Å². The zero-order valence-electron chi connectivity index (χ0n) is 16.9. The van der Waals surface area contributed by atoms with Crippen molar-refractivity contribution in [2.75, 3.05) is 13.2 Å². The lowest BCUT2D eigenvalue weighted by Gasteiger charge is -2.30. The first-order valence-corrected chi connectivity index (χ1v) is 11.1. The van der Waals surface area contributed by atoms with Crippen molar-refractivity contribution in [1.82, 2.24) is 20.2 Å². The summed E-state index contributed by atoms with van der Waals surface area (Å²) in [4.78, 5) is 35.7. The minimum absolute atomic E-state index is 0.0733. The quantitative estimate of drug-likeness (QED) is 0.614. The van der Waals surface area contributed by atoms with Gasteiger partial charge in [-0.1, -0.05) is 23.7 Å². The predicted molar refractivity (Wildman–Crippen MR) is 118 cm³/mol. The van der Waals surface area contributed by atoms with Gasteiger partial charge in [0.05, 0.1) is 16.7 Å². The Morgan fingerprint density at radius 3 is 2.90 bits per heavy atom. The molecule has 31 heavy (non-hydrogen) atoms. The third kappa shape index (κ3) is 4.86. The molecule has 0 bridgehead atoms. The number of amides is 2. The number of halogens is 1. The highest BCUT2D eigenvalue weighted by Crippen LogP contribution is 2.26. The van der Waals surface area contributed by atoms with Crippen molar-refractivity contribution in [1.29, 1.82) is 0 Å². The lowest BCUT2D eigenvalue weighted by atomic mass is 9.95. The number of nitrogens with one attached hydrogen (secondary N) is 1. The van der Waals surface area contributed by atoms with E-state index in [-0.39, 0.29) is 18.4 Å². The number of hydrogen-bond acceptors (Lipinski definition) is 6. The fraction of sp³-hybridized carbons (Fsp3) is 0.273. The van der Waals surface area contributed by atoms with E-state index >= 15 is 0 Å². The standard InChI is InChI=1S/C22H21ClN4O3S/c1-14-17(9-26-22(29)20-10-24-13-31-20)16-6-7-27(11-15(16)8-25-14)21(28)12-30-19-5-3-2-4-18(19)23/h2-5,8,10,13H,6-7,9,11-12H2,1H3,(H,26,29). The van der Waals surface area contributed by atoms with E-state index in [1.165, 1.54) is 11.3 Å². The summed E-state index contributed by atoms with van der Waals surface area (Å²) in [5, 5.41) is 3.42. The SMILES string of the molecule is Cc1ncc2c(c1CNC(=O)c1cncs1)CCN(C(=O)COc1ccccc1Cl)C2. The van der Waals surface area contributed by atoms with Gasteiger partial charge in [-0.2, -0.15) is 0 Å². The highest BCUT2D eigenvalue weighted by atomic mass is 35.5. The normalized spacial score (nSPS) is 12.9. The Labute approximate surface area is 189 Å². The molecule has 0 saturated heterocycles. The number of aromatic nitrogens is 2. The lowest BCUT2D eigenvalue weighted by molar-refractivity contribution is -0.134. The van der Waals surface area contributed by atoms with Crippen molar-refractivity contribution >= 4 is 34.8 Å². The summed E-state index contributed by atoms with van der Waals surface area (Å²) in [6, 6.07) is 7.08. The summed E-state index contributed by atoms with van der Waals surface area (Å²) in [6.07, 6.45) is 4.07. The number of nitrogens with zero attached hydrogens (tertiary/aromatic N) is 3. The van der Waals surface area contributed by atoms with Crippen molar-refractivity contribution in [3.8, 4) is 5.75 Å². The van der Waals surface area contributed by atoms with Gasteiger partial charge in [-0.3, -0.25) is 19.6 Å². The molecule has 160 valence electrons. The summed E-state index contributed by atoms with van der Waals surface area (Å²) >= 11 is 7.39. The highest BCUT2D eigenvalue weighted by molar-refractivity contribution is 7.11. The number of carbonyl (C=O) groups is 2. The Kier molecular flexibility index (Phi) is 6.48. The molecule has 1 aromatic carbocycles. The number of hydrogen-bond donors (Lipinski definition) is 1. The molecule has 1 N–H and O–H groups in total. The van der Waals surface area contributed by atoms with Crippen molar-refractivity contribution in [2.45, 2.75) is 26.4 Å². The molecule has 3 aromatic rings. The van der Waals surface area contributed by atoms with Gasteiger partial charge in [-0.05, 0) is 42.2 Å². The molecule has 0 saturated carbocycles. The van der Waals surface area contributed by atoms with E-state index in [1.807, 2.05) is 25.3 Å². The Bertz CT molecular complexity index is 1100. The van der Waals surface area contributed by atoms with Gasteiger partial charge in [-0.25, -0.2) is 0 Å². The van der Waals surface area contributed by atoms with Crippen molar-refractivity contribution in [3.63, 3.8) is 0 Å². The molecule has 1 aliphatic heterocycles. The van der Waals surface area contributed by atoms with Gasteiger partial charge < -0.3 is 15.0 Å². The van der Waals surface area contributed by atoms with Gasteiger partial charge in [0.15, 0.2) is 6.61 Å². The first-order chi connectivity index (χ1) is 15.0. The highest BCUT2D eigenvalue weighted by Gasteiger charge is 2.24. The molecule has 7 nitrogen and oxygen atoms in total. The zero-order chi connectivity index (χ0) is 21.8. The first kappa shape index (κ1) is 21.3. The number of para-hydroxylation sites is 1. The minimum Gasteiger partial charge on any atom is -0.482 e. The molecule has 0 aliphatic carbocycles. The predicted octanol–water partition coefficient (Wildman–Crippen LogP) is 3.39. The van der Waals surface area contributed by atoms with Crippen LogP contribution in [0.2, 0.25) is 5.02 Å². The van der Waals surface area contributed by atoms with E-state index in [9.17, 15) is 9.59 Å². The molecular weight excluding hydrogens is 436 g/mol. The Balaban J connectivity index is 1.41. The van der Waals surface area contributed by atoms with Crippen LogP contribution in [-0.2, 0) is 24.3 Å². The van der Waals surface area contributed by atoms with Crippen LogP contribution in [0.5, 0.6) is 5.75 Å². The van der Waals surface area contributed by atoms with Gasteiger partial charge in [-0.15, -0.1) is 11.3 Å². The van der Waals surface area contributed by atoms with E-state index in [0.29, 0.717) is 41.7 Å². The molecule has 1 aliphatic rings. The molecule has 2 amide bonds. The van der Waals surface area contributed by atoms with Crippen molar-refractivity contribution in [3.05, 3.63) is 74.5 Å². The molecule has 0 unspecified atom stereocenters. The fourth-order valence-corrected chi connectivity index (χ4v) is 4.27. The second-order valence-corrected chi connectivity index (χ2v) is 8.45. The first-order valence-electron chi connectivity index (χ1n) is 9.81. The molecule has 0 radical (unpaired) electrons. The van der Waals surface area contributed by atoms with Crippen LogP contribution >= 0.6 is 22.9 Å². The van der Waals surface area contributed by atoms with Gasteiger partial charge >= 0.3 is 0 Å². The van der Waals surface area contributed by atoms with Crippen molar-refractivity contribution in [2.24, 2.45) is 0 Å². The van der Waals surface area contributed by atoms with Gasteiger partial charge in [0.25, 0.3) is 11.8 Å². The fourth-order valence-electron chi connectivity index (χ4n) is 3.55. The number of aryl methyl sites for hydroxylation is 1. The number of thiazole rings is 1. The number of carbonyl (C=O) groups excluding carboxylic acids is 2. The van der Waals surface area contributed by atoms with Crippen LogP contribution in [0.15, 0.2) is 42.2 Å². The van der Waals surface area contributed by atoms with Crippen LogP contribution in [-0.4, -0.2) is 39.8 Å². The van der Waals surface area contributed by atoms with Crippen LogP contribution in [0, 0.1) is 6.92 Å². The Hall–Kier alpha value is -2.97. The lowest BCUT2D eigenvalue weighted by Crippen LogP contribution is -2.39. The third-order valence-corrected chi connectivity index (χ3v) is 6.30. The van der Waals surface area contributed by atoms with Crippen molar-refractivity contribution < 1.29 is 14.3 Å². The number of ether oxygens (including phenoxy) is 1. The van der Waals surface area contributed by atoms with Gasteiger partial charge in [0.2, 0.25) is 0 Å². The Morgan fingerprint density at radius 2 is 2.13 bits per heavy atom. The Morgan fingerprint density at radius 1 is 1.29 bits per heavy atom. The monoisotopic (exact) mass is 456 g/mol. The zero-order valence-corrected chi connectivity index (χ0v) is 18.5. The van der Waals surface area contributed by atoms with E-state index in [1.54, 1.807) is 28.7 Å². The summed E-state index contributed by atoms with van der Waals surface area (Å²) < 4.78 is 5.59. The van der Waals surface area contributed by atoms with Crippen LogP contribution in [0.3, 0.4) is 0 Å². The summed E-state index contributed by atoms with van der Waals surface area (Å²) in [7, 11) is 0. The third-order valence-electron chi connectivity index (χ3n) is 5.22. The number of pyridine rings is 1. The van der Waals surface area contributed by atoms with E-state index < -0.39 is 0 Å². The average molecular weight is 457 g/mol. The largest absolute Gasteiger partial charge is 0.482 e. The summed E-state index contributed by atoms with van der Waals surface area (Å²) in [5.41, 5.74) is 5.66. The maximum absolute atomic E-state index is 12.7. The molecule has 0 atom stereocenters. The van der Waals surface area contributed by atoms with Crippen LogP contribution in [0.4, 0.5) is 0 Å². The molecule has 0 spiro atoms. The smallest absolute Gasteiger partial charge is 0.263 e. The van der Waals surface area contributed by atoms with Crippen LogP contribution in [0.1, 0.15) is 32.1 Å². The molecule has 2 aromatic heterocycles. The topological polar surface area (TPSA) is 84.4 Å². The molecule has 0 fully saturated rings. The van der Waals surface area contributed by atoms with Gasteiger partial charge in [0, 0.05) is 31.5 Å². The van der Waals surface area contributed by atoms with E-state index in [4.69, 9.17) is 16.3 Å². The number of fused-ring (bicyclic) bond motifs is 1. The summed E-state index contributed by atoms with van der Waals surface area (Å²) in [5.74, 6) is 0.237. The second kappa shape index (κ2) is 9.45. The number of benzene rings is 1. The van der Waals surface area contributed by atoms with E-state index in [0.717, 1.165) is 22.4 Å². The van der Waals surface area contributed by atoms with Gasteiger partial charge in [0.1, 0.15) is 10.6 Å². The maximum Gasteiger partial charge on any atom is 0.263 e. The molecular formula is C22H21ClN4O3S. The number of rotatable bonds is 6. The molecule has 9 heteroatoms. The van der Waals surface area contributed by atoms with Crippen LogP contribution in [0.25, 0.3) is 0 Å². The maximum atomic E-state index is 12.7. The average Bonchev–Trinajstić information content (AvgIpc) is 3.32. The van der Waals surface area contributed by atoms with Crippen LogP contribution < -0.4 is 10.1 Å². The molecule has 4 rings (SSSR count).